The van der Waals surface area contributed by atoms with Crippen LogP contribution in [0.25, 0.3) is 0 Å². The Bertz CT molecular complexity index is 628. The normalized spacial score (nSPS) is 13.1. The number of carbonyl (C=O) groups excluding carboxylic acids is 1. The number of methoxy groups -OCH3 is 3. The van der Waals surface area contributed by atoms with Gasteiger partial charge in [0.25, 0.3) is 0 Å². The van der Waals surface area contributed by atoms with Crippen molar-refractivity contribution < 1.29 is 24.1 Å². The molecule has 5 heteroatoms. The first-order chi connectivity index (χ1) is 10.6. The van der Waals surface area contributed by atoms with Crippen LogP contribution in [0.4, 0.5) is 0 Å². The van der Waals surface area contributed by atoms with Crippen LogP contribution in [-0.4, -0.2) is 32.7 Å². The molecule has 5 nitrogen and oxygen atoms in total. The number of aliphatic hydroxyl groups is 1. The van der Waals surface area contributed by atoms with E-state index < -0.39 is 5.60 Å². The highest BCUT2D eigenvalue weighted by Crippen LogP contribution is 2.43. The molecular weight excluding hydrogens is 284 g/mol. The summed E-state index contributed by atoms with van der Waals surface area (Å²) in [7, 11) is 4.42. The minimum atomic E-state index is -1.88. The summed E-state index contributed by atoms with van der Waals surface area (Å²) in [5.41, 5.74) is -1.23. The summed E-state index contributed by atoms with van der Waals surface area (Å²) in [5.74, 6) is 1.10. The predicted octanol–water partition coefficient (Wildman–Crippen LogP) is 2.15. The maximum Gasteiger partial charge on any atom is 0.177 e. The van der Waals surface area contributed by atoms with E-state index >= 15 is 0 Å². The fourth-order valence-corrected chi connectivity index (χ4v) is 2.34. The molecule has 116 valence electrons. The lowest BCUT2D eigenvalue weighted by atomic mass is 9.86. The number of benzene rings is 2. The molecule has 0 heterocycles. The molecule has 0 radical (unpaired) electrons. The number of aldehydes is 1. The Kier molecular flexibility index (Phi) is 4.68. The van der Waals surface area contributed by atoms with E-state index in [0.717, 1.165) is 0 Å². The van der Waals surface area contributed by atoms with Crippen molar-refractivity contribution in [1.82, 2.24) is 0 Å². The molecule has 0 spiro atoms. The number of carbonyl (C=O) groups is 1. The Morgan fingerprint density at radius 1 is 0.955 bits per heavy atom. The summed E-state index contributed by atoms with van der Waals surface area (Å²) < 4.78 is 15.8. The second-order valence-corrected chi connectivity index (χ2v) is 4.66. The van der Waals surface area contributed by atoms with Gasteiger partial charge in [-0.3, -0.25) is 4.79 Å². The van der Waals surface area contributed by atoms with Crippen molar-refractivity contribution in [2.24, 2.45) is 0 Å². The van der Waals surface area contributed by atoms with Gasteiger partial charge in [-0.05, 0) is 5.56 Å². The van der Waals surface area contributed by atoms with Gasteiger partial charge in [-0.15, -0.1) is 0 Å². The van der Waals surface area contributed by atoms with E-state index in [0.29, 0.717) is 29.1 Å². The van der Waals surface area contributed by atoms with Crippen LogP contribution in [0.15, 0.2) is 42.5 Å². The van der Waals surface area contributed by atoms with E-state index in [1.54, 1.807) is 42.5 Å². The Balaban J connectivity index is 2.75. The number of rotatable bonds is 6. The second kappa shape index (κ2) is 6.49. The molecule has 0 aromatic heterocycles. The molecule has 0 saturated heterocycles. The zero-order chi connectivity index (χ0) is 16.2. The van der Waals surface area contributed by atoms with Gasteiger partial charge in [0.05, 0.1) is 26.9 Å². The van der Waals surface area contributed by atoms with Crippen LogP contribution in [0, 0.1) is 0 Å². The van der Waals surface area contributed by atoms with E-state index in [-0.39, 0.29) is 5.56 Å². The molecule has 0 amide bonds. The highest BCUT2D eigenvalue weighted by atomic mass is 16.5. The van der Waals surface area contributed by atoms with Crippen molar-refractivity contribution in [3.63, 3.8) is 0 Å². The molecule has 0 aliphatic carbocycles. The van der Waals surface area contributed by atoms with Crippen molar-refractivity contribution >= 4 is 6.29 Å². The number of hydrogen-bond acceptors (Lipinski definition) is 5. The van der Waals surface area contributed by atoms with Crippen LogP contribution in [0.1, 0.15) is 11.1 Å². The molecule has 0 saturated carbocycles. The average molecular weight is 302 g/mol. The minimum absolute atomic E-state index is 0.236. The van der Waals surface area contributed by atoms with Crippen molar-refractivity contribution in [3.8, 4) is 17.2 Å². The third-order valence-electron chi connectivity index (χ3n) is 3.48. The monoisotopic (exact) mass is 302 g/mol. The first-order valence-corrected chi connectivity index (χ1v) is 6.65. The van der Waals surface area contributed by atoms with Gasteiger partial charge in [0.2, 0.25) is 0 Å². The molecule has 1 atom stereocenters. The lowest BCUT2D eigenvalue weighted by Crippen LogP contribution is -2.30. The van der Waals surface area contributed by atoms with E-state index in [1.165, 1.54) is 21.3 Å². The molecule has 1 unspecified atom stereocenters. The topological polar surface area (TPSA) is 65.0 Å². The largest absolute Gasteiger partial charge is 0.496 e. The van der Waals surface area contributed by atoms with Crippen molar-refractivity contribution in [2.75, 3.05) is 21.3 Å². The summed E-state index contributed by atoms with van der Waals surface area (Å²) >= 11 is 0. The SMILES string of the molecule is COc1cc(OC)c(C(O)(C=O)c2ccccc2)c(OC)c1. The van der Waals surface area contributed by atoms with Crippen LogP contribution in [0.2, 0.25) is 0 Å². The lowest BCUT2D eigenvalue weighted by molar-refractivity contribution is -0.121. The molecular formula is C17H18O5. The van der Waals surface area contributed by atoms with Gasteiger partial charge in [-0.2, -0.15) is 0 Å². The number of ether oxygens (including phenoxy) is 3. The Labute approximate surface area is 129 Å². The van der Waals surface area contributed by atoms with Gasteiger partial charge >= 0.3 is 0 Å². The van der Waals surface area contributed by atoms with Gasteiger partial charge in [-0.25, -0.2) is 0 Å². The van der Waals surface area contributed by atoms with Gasteiger partial charge < -0.3 is 19.3 Å². The van der Waals surface area contributed by atoms with Crippen LogP contribution in [0.5, 0.6) is 17.2 Å². The Morgan fingerprint density at radius 2 is 1.50 bits per heavy atom. The lowest BCUT2D eigenvalue weighted by Gasteiger charge is -2.27. The summed E-state index contributed by atoms with van der Waals surface area (Å²) in [6, 6.07) is 11.8. The maximum absolute atomic E-state index is 11.7. The summed E-state index contributed by atoms with van der Waals surface area (Å²) in [5, 5.41) is 11.0. The van der Waals surface area contributed by atoms with Crippen LogP contribution in [-0.2, 0) is 10.4 Å². The van der Waals surface area contributed by atoms with E-state index in [2.05, 4.69) is 0 Å². The Hall–Kier alpha value is -2.53. The van der Waals surface area contributed by atoms with Crippen LogP contribution >= 0.6 is 0 Å². The fraction of sp³-hybridized carbons (Fsp3) is 0.235. The van der Waals surface area contributed by atoms with Crippen molar-refractivity contribution in [1.29, 1.82) is 0 Å². The van der Waals surface area contributed by atoms with E-state index in [4.69, 9.17) is 14.2 Å². The molecule has 0 aliphatic rings. The summed E-state index contributed by atoms with van der Waals surface area (Å²) in [6.07, 6.45) is 0.467. The van der Waals surface area contributed by atoms with Gasteiger partial charge in [0.1, 0.15) is 17.2 Å². The van der Waals surface area contributed by atoms with Crippen LogP contribution in [0.3, 0.4) is 0 Å². The number of hydrogen-bond donors (Lipinski definition) is 1. The molecule has 0 bridgehead atoms. The first kappa shape index (κ1) is 15.9. The first-order valence-electron chi connectivity index (χ1n) is 6.65. The smallest absolute Gasteiger partial charge is 0.177 e. The molecule has 1 N–H and O–H groups in total. The molecule has 2 rings (SSSR count). The fourth-order valence-electron chi connectivity index (χ4n) is 2.34. The van der Waals surface area contributed by atoms with Crippen molar-refractivity contribution in [2.45, 2.75) is 5.60 Å². The van der Waals surface area contributed by atoms with Gasteiger partial charge in [0, 0.05) is 12.1 Å². The highest BCUT2D eigenvalue weighted by Gasteiger charge is 2.37. The van der Waals surface area contributed by atoms with E-state index in [9.17, 15) is 9.90 Å². The van der Waals surface area contributed by atoms with Gasteiger partial charge in [0.15, 0.2) is 11.9 Å². The summed E-state index contributed by atoms with van der Waals surface area (Å²) in [4.78, 5) is 11.7. The van der Waals surface area contributed by atoms with E-state index in [1.807, 2.05) is 0 Å². The molecule has 0 fully saturated rings. The predicted molar refractivity (Wildman–Crippen MR) is 81.6 cm³/mol. The zero-order valence-electron chi connectivity index (χ0n) is 12.7. The summed E-state index contributed by atoms with van der Waals surface area (Å²) in [6.45, 7) is 0. The third-order valence-corrected chi connectivity index (χ3v) is 3.48. The van der Waals surface area contributed by atoms with Gasteiger partial charge in [-0.1, -0.05) is 30.3 Å². The quantitative estimate of drug-likeness (QED) is 0.828. The minimum Gasteiger partial charge on any atom is -0.496 e. The molecule has 22 heavy (non-hydrogen) atoms. The van der Waals surface area contributed by atoms with Crippen molar-refractivity contribution in [3.05, 3.63) is 53.6 Å². The molecule has 2 aromatic rings. The highest BCUT2D eigenvalue weighted by molar-refractivity contribution is 5.76. The second-order valence-electron chi connectivity index (χ2n) is 4.66. The third kappa shape index (κ3) is 2.63. The standard InChI is InChI=1S/C17H18O5/c1-20-13-9-14(21-2)16(15(10-13)22-3)17(19,11-18)12-7-5-4-6-8-12/h4-11,19H,1-3H3. The van der Waals surface area contributed by atoms with Crippen LogP contribution < -0.4 is 14.2 Å². The average Bonchev–Trinajstić information content (AvgIpc) is 2.60. The molecule has 0 aliphatic heterocycles. The maximum atomic E-state index is 11.7. The molecule has 2 aromatic carbocycles. The Morgan fingerprint density at radius 3 is 1.91 bits per heavy atom. The zero-order valence-corrected chi connectivity index (χ0v) is 12.7.